The maximum atomic E-state index is 13.2. The highest BCUT2D eigenvalue weighted by atomic mass is 19.1. The Morgan fingerprint density at radius 1 is 0.884 bits per heavy atom. The van der Waals surface area contributed by atoms with Gasteiger partial charge in [-0.25, -0.2) is 4.39 Å². The summed E-state index contributed by atoms with van der Waals surface area (Å²) in [6.07, 6.45) is 8.32. The summed E-state index contributed by atoms with van der Waals surface area (Å²) < 4.78 is 13.2. The quantitative estimate of drug-likeness (QED) is 0.252. The van der Waals surface area contributed by atoms with Crippen molar-refractivity contribution in [3.63, 3.8) is 0 Å². The number of pyridine rings is 1. The molecule has 4 aromatic rings. The summed E-state index contributed by atoms with van der Waals surface area (Å²) >= 11 is 0. The van der Waals surface area contributed by atoms with Crippen LogP contribution in [0.4, 0.5) is 10.1 Å². The number of nitrogens with zero attached hydrogens (tertiary/aromatic N) is 3. The minimum atomic E-state index is -0.273. The third-order valence-corrected chi connectivity index (χ3v) is 9.02. The van der Waals surface area contributed by atoms with Crippen molar-refractivity contribution in [2.75, 3.05) is 31.5 Å². The molecule has 0 saturated carbocycles. The van der Waals surface area contributed by atoms with Crippen molar-refractivity contribution in [2.24, 2.45) is 5.92 Å². The van der Waals surface area contributed by atoms with Crippen LogP contribution < -0.4 is 5.32 Å². The van der Waals surface area contributed by atoms with Crippen LogP contribution in [0.5, 0.6) is 0 Å². The molecule has 0 radical (unpaired) electrons. The number of nitrogens with one attached hydrogen (secondary N) is 1. The Balaban J connectivity index is 1.04. The summed E-state index contributed by atoms with van der Waals surface area (Å²) in [5.74, 6) is 0.377. The lowest BCUT2D eigenvalue weighted by Crippen LogP contribution is -2.39. The zero-order valence-electron chi connectivity index (χ0n) is 24.8. The molecule has 3 aromatic carbocycles. The van der Waals surface area contributed by atoms with Gasteiger partial charge in [0.15, 0.2) is 0 Å². The number of likely N-dealkylation sites (tertiary alicyclic amines) is 2. The van der Waals surface area contributed by atoms with Crippen LogP contribution in [0.25, 0.3) is 22.0 Å². The highest BCUT2D eigenvalue weighted by Crippen LogP contribution is 2.28. The van der Waals surface area contributed by atoms with E-state index in [1.54, 1.807) is 24.3 Å². The molecule has 0 unspecified atom stereocenters. The number of carbonyl (C=O) groups is 2. The first-order chi connectivity index (χ1) is 20.9. The van der Waals surface area contributed by atoms with Crippen LogP contribution in [-0.4, -0.2) is 52.8 Å². The molecule has 43 heavy (non-hydrogen) atoms. The average molecular weight is 579 g/mol. The number of rotatable bonds is 7. The lowest BCUT2D eigenvalue weighted by atomic mass is 9.92. The van der Waals surface area contributed by atoms with Gasteiger partial charge < -0.3 is 10.2 Å². The average Bonchev–Trinajstić information content (AvgIpc) is 3.04. The molecule has 3 heterocycles. The van der Waals surface area contributed by atoms with E-state index in [1.807, 2.05) is 37.4 Å². The molecule has 2 aliphatic heterocycles. The summed E-state index contributed by atoms with van der Waals surface area (Å²) in [7, 11) is 0. The smallest absolute Gasteiger partial charge is 0.255 e. The van der Waals surface area contributed by atoms with E-state index in [1.165, 1.54) is 24.1 Å². The van der Waals surface area contributed by atoms with Gasteiger partial charge in [0.25, 0.3) is 5.91 Å². The lowest BCUT2D eigenvalue weighted by Gasteiger charge is -2.33. The topological polar surface area (TPSA) is 65.5 Å². The van der Waals surface area contributed by atoms with Gasteiger partial charge in [-0.3, -0.25) is 19.5 Å². The first kappa shape index (κ1) is 29.0. The highest BCUT2D eigenvalue weighted by Gasteiger charge is 2.25. The van der Waals surface area contributed by atoms with Gasteiger partial charge in [0.05, 0.1) is 5.52 Å². The Hall–Kier alpha value is -4.10. The van der Waals surface area contributed by atoms with E-state index < -0.39 is 0 Å². The number of hydrogen-bond acceptors (Lipinski definition) is 4. The Labute approximate surface area is 252 Å². The number of carbonyl (C=O) groups excluding carboxylic acids is 2. The molecule has 1 aromatic heterocycles. The fraction of sp³-hybridized carbons (Fsp3) is 0.361. The van der Waals surface area contributed by atoms with Crippen LogP contribution in [0.3, 0.4) is 0 Å². The molecule has 2 aliphatic rings. The molecule has 0 spiro atoms. The van der Waals surface area contributed by atoms with E-state index in [9.17, 15) is 14.0 Å². The van der Waals surface area contributed by atoms with Crippen LogP contribution in [0, 0.1) is 18.7 Å². The van der Waals surface area contributed by atoms with Crippen molar-refractivity contribution in [1.29, 1.82) is 0 Å². The van der Waals surface area contributed by atoms with Crippen molar-refractivity contribution in [1.82, 2.24) is 14.8 Å². The number of aromatic nitrogens is 1. The molecule has 0 atom stereocenters. The van der Waals surface area contributed by atoms with Crippen LogP contribution in [0.2, 0.25) is 0 Å². The summed E-state index contributed by atoms with van der Waals surface area (Å²) in [6.45, 7) is 6.72. The molecule has 6 nitrogen and oxygen atoms in total. The molecule has 2 fully saturated rings. The highest BCUT2D eigenvalue weighted by molar-refractivity contribution is 6.06. The first-order valence-corrected chi connectivity index (χ1v) is 15.5. The van der Waals surface area contributed by atoms with E-state index in [0.717, 1.165) is 91.7 Å². The SMILES string of the molecule is Cc1c(NC(=O)c2ccc(-c3ccc(F)cc3)cc2)ccc2cc(CN3CCC(CC(=O)N4CCCCC4)CC3)cnc12. The summed E-state index contributed by atoms with van der Waals surface area (Å²) in [4.78, 5) is 35.0. The first-order valence-electron chi connectivity index (χ1n) is 15.5. The zero-order valence-corrected chi connectivity index (χ0v) is 24.8. The zero-order chi connectivity index (χ0) is 29.8. The van der Waals surface area contributed by atoms with Crippen LogP contribution >= 0.6 is 0 Å². The van der Waals surface area contributed by atoms with Crippen molar-refractivity contribution in [2.45, 2.75) is 52.0 Å². The predicted octanol–water partition coefficient (Wildman–Crippen LogP) is 7.22. The molecule has 0 aliphatic carbocycles. The van der Waals surface area contributed by atoms with E-state index in [2.05, 4.69) is 21.2 Å². The largest absolute Gasteiger partial charge is 0.343 e. The van der Waals surface area contributed by atoms with Gasteiger partial charge in [-0.2, -0.15) is 0 Å². The van der Waals surface area contributed by atoms with Crippen LogP contribution in [-0.2, 0) is 11.3 Å². The van der Waals surface area contributed by atoms with Crippen LogP contribution in [0.1, 0.15) is 60.0 Å². The Morgan fingerprint density at radius 2 is 1.56 bits per heavy atom. The fourth-order valence-electron chi connectivity index (χ4n) is 6.39. The molecule has 0 bridgehead atoms. The van der Waals surface area contributed by atoms with Gasteiger partial charge in [-0.15, -0.1) is 0 Å². The van der Waals surface area contributed by atoms with E-state index in [-0.39, 0.29) is 11.7 Å². The summed E-state index contributed by atoms with van der Waals surface area (Å²) in [5.41, 5.74) is 6.09. The molecule has 1 N–H and O–H groups in total. The van der Waals surface area contributed by atoms with E-state index in [0.29, 0.717) is 23.8 Å². The maximum Gasteiger partial charge on any atom is 0.255 e. The monoisotopic (exact) mass is 578 g/mol. The van der Waals surface area contributed by atoms with E-state index in [4.69, 9.17) is 4.98 Å². The lowest BCUT2D eigenvalue weighted by molar-refractivity contribution is -0.133. The molecular weight excluding hydrogens is 539 g/mol. The Bertz CT molecular complexity index is 1590. The van der Waals surface area contributed by atoms with Crippen molar-refractivity contribution >= 4 is 28.4 Å². The van der Waals surface area contributed by atoms with Crippen LogP contribution in [0.15, 0.2) is 72.9 Å². The van der Waals surface area contributed by atoms with Gasteiger partial charge in [-0.05, 0) is 117 Å². The third kappa shape index (κ3) is 6.94. The minimum Gasteiger partial charge on any atom is -0.343 e. The normalized spacial score (nSPS) is 16.4. The molecule has 6 rings (SSSR count). The van der Waals surface area contributed by atoms with E-state index >= 15 is 0 Å². The summed E-state index contributed by atoms with van der Waals surface area (Å²) in [5, 5.41) is 4.09. The number of piperidine rings is 2. The predicted molar refractivity (Wildman–Crippen MR) is 169 cm³/mol. The second-order valence-corrected chi connectivity index (χ2v) is 12.1. The number of fused-ring (bicyclic) bond motifs is 1. The van der Waals surface area contributed by atoms with Gasteiger partial charge in [-0.1, -0.05) is 30.3 Å². The number of aryl methyl sites for hydroxylation is 1. The molecular formula is C36H39FN4O2. The standard InChI is InChI=1S/C36H39FN4O2/c1-25-33(39-36(43)30-7-5-28(6-8-30)29-9-12-32(37)13-10-29)14-11-31-21-27(23-38-35(25)31)24-40-19-15-26(16-20-40)22-34(42)41-17-3-2-4-18-41/h5-14,21,23,26H,2-4,15-20,22,24H2,1H3,(H,39,43). The molecule has 2 amide bonds. The number of benzene rings is 3. The third-order valence-electron chi connectivity index (χ3n) is 9.02. The minimum absolute atomic E-state index is 0.189. The Kier molecular flexibility index (Phi) is 8.79. The Morgan fingerprint density at radius 3 is 2.26 bits per heavy atom. The number of halogens is 1. The molecule has 2 saturated heterocycles. The maximum absolute atomic E-state index is 13.2. The van der Waals surface area contributed by atoms with Gasteiger partial charge in [0.2, 0.25) is 5.91 Å². The second-order valence-electron chi connectivity index (χ2n) is 12.1. The van der Waals surface area contributed by atoms with Gasteiger partial charge in [0, 0.05) is 48.9 Å². The van der Waals surface area contributed by atoms with Crippen molar-refractivity contribution in [3.05, 3.63) is 95.4 Å². The van der Waals surface area contributed by atoms with Gasteiger partial charge >= 0.3 is 0 Å². The van der Waals surface area contributed by atoms with Gasteiger partial charge in [0.1, 0.15) is 5.82 Å². The second kappa shape index (κ2) is 13.0. The number of hydrogen-bond donors (Lipinski definition) is 1. The molecule has 222 valence electrons. The summed E-state index contributed by atoms with van der Waals surface area (Å²) in [6, 6.07) is 19.8. The van der Waals surface area contributed by atoms with Crippen molar-refractivity contribution < 1.29 is 14.0 Å². The number of amides is 2. The van der Waals surface area contributed by atoms with Crippen molar-refractivity contribution in [3.8, 4) is 11.1 Å². The molecule has 7 heteroatoms. The number of anilines is 1. The fourth-order valence-corrected chi connectivity index (χ4v) is 6.39.